The van der Waals surface area contributed by atoms with Gasteiger partial charge in [0.2, 0.25) is 5.91 Å². The summed E-state index contributed by atoms with van der Waals surface area (Å²) in [5.74, 6) is -0.292. The maximum absolute atomic E-state index is 12.5. The molecule has 2 amide bonds. The highest BCUT2D eigenvalue weighted by Gasteiger charge is 2.23. The van der Waals surface area contributed by atoms with E-state index >= 15 is 0 Å². The summed E-state index contributed by atoms with van der Waals surface area (Å²) < 4.78 is 5.23. The molecule has 8 nitrogen and oxygen atoms in total. The number of guanidine groups is 1. The van der Waals surface area contributed by atoms with E-state index < -0.39 is 17.7 Å². The fraction of sp³-hybridized carbons (Fsp3) is 0.500. The number of carbonyl (C=O) groups is 2. The molecule has 0 spiro atoms. The van der Waals surface area contributed by atoms with Crippen LogP contribution in [0.5, 0.6) is 0 Å². The van der Waals surface area contributed by atoms with Crippen LogP contribution >= 0.6 is 0 Å². The molecule has 1 rings (SSSR count). The largest absolute Gasteiger partial charge is 0.444 e. The van der Waals surface area contributed by atoms with Crippen molar-refractivity contribution in [3.8, 4) is 0 Å². The number of ether oxygens (including phenoxy) is 1. The minimum absolute atomic E-state index is 0.00446. The minimum Gasteiger partial charge on any atom is -0.444 e. The molecule has 0 aliphatic heterocycles. The Morgan fingerprint density at radius 3 is 2.42 bits per heavy atom. The Morgan fingerprint density at radius 2 is 1.85 bits per heavy atom. The summed E-state index contributed by atoms with van der Waals surface area (Å²) >= 11 is 0. The summed E-state index contributed by atoms with van der Waals surface area (Å²) in [6, 6.07) is 8.79. The Hall–Kier alpha value is -2.77. The number of nitrogens with zero attached hydrogens (tertiary/aromatic N) is 1. The molecule has 1 atom stereocenters. The Bertz CT molecular complexity index is 607. The molecule has 8 heteroatoms. The van der Waals surface area contributed by atoms with Gasteiger partial charge in [0.1, 0.15) is 11.6 Å². The SMILES string of the molecule is CC(C)(C)OC(=O)N[C@H](CCCN=C(N)N)C(=O)NCc1ccccc1. The molecule has 0 bridgehead atoms. The molecule has 0 aliphatic carbocycles. The summed E-state index contributed by atoms with van der Waals surface area (Å²) in [7, 11) is 0. The first-order chi connectivity index (χ1) is 12.2. The van der Waals surface area contributed by atoms with Crippen molar-refractivity contribution in [1.29, 1.82) is 0 Å². The molecular weight excluding hydrogens is 334 g/mol. The first-order valence-electron chi connectivity index (χ1n) is 8.54. The van der Waals surface area contributed by atoms with Crippen molar-refractivity contribution in [2.24, 2.45) is 16.5 Å². The normalized spacial score (nSPS) is 12.0. The van der Waals surface area contributed by atoms with Gasteiger partial charge in [-0.3, -0.25) is 9.79 Å². The summed E-state index contributed by atoms with van der Waals surface area (Å²) in [4.78, 5) is 28.4. The van der Waals surface area contributed by atoms with Gasteiger partial charge in [-0.25, -0.2) is 4.79 Å². The second kappa shape index (κ2) is 10.3. The number of nitrogens with one attached hydrogen (secondary N) is 2. The van der Waals surface area contributed by atoms with Crippen LogP contribution in [0.15, 0.2) is 35.3 Å². The van der Waals surface area contributed by atoms with Gasteiger partial charge in [-0.05, 0) is 39.2 Å². The van der Waals surface area contributed by atoms with Crippen LogP contribution in [-0.2, 0) is 16.1 Å². The van der Waals surface area contributed by atoms with Crippen LogP contribution in [-0.4, -0.2) is 36.1 Å². The predicted molar refractivity (Wildman–Crippen MR) is 101 cm³/mol. The fourth-order valence-electron chi connectivity index (χ4n) is 2.13. The van der Waals surface area contributed by atoms with Gasteiger partial charge in [-0.1, -0.05) is 30.3 Å². The number of rotatable bonds is 8. The highest BCUT2D eigenvalue weighted by atomic mass is 16.6. The molecule has 0 unspecified atom stereocenters. The van der Waals surface area contributed by atoms with E-state index in [1.165, 1.54) is 0 Å². The van der Waals surface area contributed by atoms with Gasteiger partial charge in [-0.2, -0.15) is 0 Å². The van der Waals surface area contributed by atoms with Gasteiger partial charge in [0.05, 0.1) is 0 Å². The molecule has 1 aromatic carbocycles. The van der Waals surface area contributed by atoms with Crippen LogP contribution < -0.4 is 22.1 Å². The van der Waals surface area contributed by atoms with E-state index in [0.29, 0.717) is 25.9 Å². The van der Waals surface area contributed by atoms with Gasteiger partial charge in [-0.15, -0.1) is 0 Å². The number of carbonyl (C=O) groups excluding carboxylic acids is 2. The lowest BCUT2D eigenvalue weighted by Gasteiger charge is -2.23. The maximum Gasteiger partial charge on any atom is 0.408 e. The summed E-state index contributed by atoms with van der Waals surface area (Å²) in [6.07, 6.45) is 0.285. The van der Waals surface area contributed by atoms with Crippen molar-refractivity contribution < 1.29 is 14.3 Å². The van der Waals surface area contributed by atoms with Crippen molar-refractivity contribution in [3.63, 3.8) is 0 Å². The quantitative estimate of drug-likeness (QED) is 0.313. The zero-order chi connectivity index (χ0) is 19.6. The van der Waals surface area contributed by atoms with Crippen LogP contribution in [0.4, 0.5) is 4.79 Å². The zero-order valence-corrected chi connectivity index (χ0v) is 15.6. The van der Waals surface area contributed by atoms with Crippen LogP contribution in [0.2, 0.25) is 0 Å². The molecule has 26 heavy (non-hydrogen) atoms. The Kier molecular flexibility index (Phi) is 8.41. The summed E-state index contributed by atoms with van der Waals surface area (Å²) in [6.45, 7) is 6.03. The van der Waals surface area contributed by atoms with E-state index in [-0.39, 0.29) is 11.9 Å². The number of hydrogen-bond acceptors (Lipinski definition) is 4. The third-order valence-corrected chi connectivity index (χ3v) is 3.26. The lowest BCUT2D eigenvalue weighted by atomic mass is 10.1. The molecular formula is C18H29N5O3. The molecule has 0 radical (unpaired) electrons. The van der Waals surface area contributed by atoms with Crippen molar-refractivity contribution >= 4 is 18.0 Å². The summed E-state index contributed by atoms with van der Waals surface area (Å²) in [5, 5.41) is 5.44. The smallest absolute Gasteiger partial charge is 0.408 e. The third kappa shape index (κ3) is 9.51. The highest BCUT2D eigenvalue weighted by molar-refractivity contribution is 5.85. The lowest BCUT2D eigenvalue weighted by molar-refractivity contribution is -0.123. The van der Waals surface area contributed by atoms with E-state index in [0.717, 1.165) is 5.56 Å². The van der Waals surface area contributed by atoms with Gasteiger partial charge in [0.25, 0.3) is 0 Å². The van der Waals surface area contributed by atoms with Crippen molar-refractivity contribution in [3.05, 3.63) is 35.9 Å². The molecule has 0 saturated carbocycles. The molecule has 0 heterocycles. The van der Waals surface area contributed by atoms with E-state index in [2.05, 4.69) is 15.6 Å². The third-order valence-electron chi connectivity index (χ3n) is 3.26. The van der Waals surface area contributed by atoms with Crippen molar-refractivity contribution in [1.82, 2.24) is 10.6 Å². The Morgan fingerprint density at radius 1 is 1.19 bits per heavy atom. The van der Waals surface area contributed by atoms with Gasteiger partial charge >= 0.3 is 6.09 Å². The zero-order valence-electron chi connectivity index (χ0n) is 15.6. The van der Waals surface area contributed by atoms with E-state index in [1.54, 1.807) is 20.8 Å². The average molecular weight is 363 g/mol. The van der Waals surface area contributed by atoms with E-state index in [4.69, 9.17) is 16.2 Å². The Balaban J connectivity index is 2.63. The molecule has 0 saturated heterocycles. The second-order valence-electron chi connectivity index (χ2n) is 6.85. The number of nitrogens with two attached hydrogens (primary N) is 2. The van der Waals surface area contributed by atoms with Crippen LogP contribution in [0, 0.1) is 0 Å². The first kappa shape index (κ1) is 21.3. The van der Waals surface area contributed by atoms with Crippen LogP contribution in [0.1, 0.15) is 39.2 Å². The van der Waals surface area contributed by atoms with Crippen molar-refractivity contribution in [2.75, 3.05) is 6.54 Å². The maximum atomic E-state index is 12.5. The molecule has 144 valence electrons. The summed E-state index contributed by atoms with van der Waals surface area (Å²) in [5.41, 5.74) is 10.9. The van der Waals surface area contributed by atoms with Crippen molar-refractivity contribution in [2.45, 2.75) is 51.8 Å². The van der Waals surface area contributed by atoms with E-state index in [9.17, 15) is 9.59 Å². The molecule has 0 fully saturated rings. The monoisotopic (exact) mass is 363 g/mol. The lowest BCUT2D eigenvalue weighted by Crippen LogP contribution is -2.48. The van der Waals surface area contributed by atoms with Crippen LogP contribution in [0.3, 0.4) is 0 Å². The number of hydrogen-bond donors (Lipinski definition) is 4. The second-order valence-corrected chi connectivity index (χ2v) is 6.85. The molecule has 0 aliphatic rings. The van der Waals surface area contributed by atoms with Gasteiger partial charge in [0.15, 0.2) is 5.96 Å². The van der Waals surface area contributed by atoms with Gasteiger partial charge < -0.3 is 26.8 Å². The number of amides is 2. The topological polar surface area (TPSA) is 132 Å². The molecule has 6 N–H and O–H groups in total. The number of aliphatic imine (C=N–C) groups is 1. The standard InChI is InChI=1S/C18H29N5O3/c1-18(2,3)26-17(25)23-14(10-7-11-21-16(19)20)15(24)22-12-13-8-5-4-6-9-13/h4-6,8-9,14H,7,10-12H2,1-3H3,(H,22,24)(H,23,25)(H4,19,20,21)/t14-/m1/s1. The number of alkyl carbamates (subject to hydrolysis) is 1. The fourth-order valence-corrected chi connectivity index (χ4v) is 2.13. The first-order valence-corrected chi connectivity index (χ1v) is 8.54. The van der Waals surface area contributed by atoms with E-state index in [1.807, 2.05) is 30.3 Å². The highest BCUT2D eigenvalue weighted by Crippen LogP contribution is 2.08. The number of benzene rings is 1. The van der Waals surface area contributed by atoms with Crippen LogP contribution in [0.25, 0.3) is 0 Å². The Labute approximate surface area is 154 Å². The predicted octanol–water partition coefficient (Wildman–Crippen LogP) is 1.25. The molecule has 0 aromatic heterocycles. The molecule has 1 aromatic rings. The minimum atomic E-state index is -0.734. The van der Waals surface area contributed by atoms with Gasteiger partial charge in [0, 0.05) is 13.1 Å². The average Bonchev–Trinajstić information content (AvgIpc) is 2.54.